The number of pyridine rings is 1. The highest BCUT2D eigenvalue weighted by atomic mass is 31.2. The first kappa shape index (κ1) is 21.9. The summed E-state index contributed by atoms with van der Waals surface area (Å²) in [6.45, 7) is 0. The van der Waals surface area contributed by atoms with Crippen LogP contribution in [0.25, 0.3) is 0 Å². The summed E-state index contributed by atoms with van der Waals surface area (Å²) in [4.78, 5) is 0. The van der Waals surface area contributed by atoms with Gasteiger partial charge in [0.2, 0.25) is 5.69 Å². The highest BCUT2D eigenvalue weighted by Crippen LogP contribution is 2.51. The molecule has 0 atom stereocenters. The van der Waals surface area contributed by atoms with Crippen LogP contribution in [0.15, 0.2) is 72.9 Å². The lowest BCUT2D eigenvalue weighted by Crippen LogP contribution is -2.34. The molecule has 0 spiro atoms. The second kappa shape index (κ2) is 7.80. The summed E-state index contributed by atoms with van der Waals surface area (Å²) in [6, 6.07) is 11.5. The first-order valence-electron chi connectivity index (χ1n) is 8.54. The molecule has 1 aromatic heterocycles. The summed E-state index contributed by atoms with van der Waals surface area (Å²) >= 11 is 0. The molecule has 0 N–H and O–H groups in total. The highest BCUT2D eigenvalue weighted by Gasteiger charge is 2.45. The molecule has 0 saturated heterocycles. The first-order valence-corrected chi connectivity index (χ1v) is 10.4. The fraction of sp³-hybridized carbons (Fsp3) is 0.150. The molecule has 1 heterocycles. The minimum Gasteiger partial charge on any atom is -0.618 e. The predicted molar refractivity (Wildman–Crippen MR) is 98.9 cm³/mol. The Kier molecular flexibility index (Phi) is 5.69. The van der Waals surface area contributed by atoms with Crippen molar-refractivity contribution in [2.24, 2.45) is 0 Å². The molecule has 3 aromatic rings. The van der Waals surface area contributed by atoms with Gasteiger partial charge in [-0.05, 0) is 18.2 Å². The Bertz CT molecular complexity index is 1050. The number of benzene rings is 2. The largest absolute Gasteiger partial charge is 0.618 e. The average molecular weight is 445 g/mol. The minimum absolute atomic E-state index is 0.213. The number of halogens is 6. The second-order valence-corrected chi connectivity index (χ2v) is 9.20. The van der Waals surface area contributed by atoms with Gasteiger partial charge in [0.15, 0.2) is 13.3 Å². The number of hydrogen-bond donors (Lipinski definition) is 0. The van der Waals surface area contributed by atoms with Gasteiger partial charge in [0.05, 0.1) is 17.3 Å². The van der Waals surface area contributed by atoms with Crippen LogP contribution in [0.3, 0.4) is 0 Å². The second-order valence-electron chi connectivity index (χ2n) is 6.45. The zero-order valence-corrected chi connectivity index (χ0v) is 16.0. The summed E-state index contributed by atoms with van der Waals surface area (Å²) in [5.41, 5.74) is -2.83. The third kappa shape index (κ3) is 4.21. The number of hydrogen-bond acceptors (Lipinski definition) is 2. The SMILES string of the molecule is O=P(Cc1cccc[n+]1[O-])(c1ccccc1C(F)(F)F)c1ccccc1C(F)(F)F. The van der Waals surface area contributed by atoms with Crippen LogP contribution < -0.4 is 15.3 Å². The minimum atomic E-state index is -4.95. The molecule has 158 valence electrons. The fourth-order valence-corrected chi connectivity index (χ4v) is 6.31. The van der Waals surface area contributed by atoms with E-state index in [1.807, 2.05) is 0 Å². The number of nitrogens with zero attached hydrogens (tertiary/aromatic N) is 1. The van der Waals surface area contributed by atoms with E-state index >= 15 is 0 Å². The maximum Gasteiger partial charge on any atom is 0.417 e. The third-order valence-electron chi connectivity index (χ3n) is 4.49. The molecule has 0 aliphatic rings. The van der Waals surface area contributed by atoms with Crippen LogP contribution in [0.4, 0.5) is 26.3 Å². The summed E-state index contributed by atoms with van der Waals surface area (Å²) in [6.07, 6.45) is -9.68. The molecular formula is C20H14F6NO2P. The van der Waals surface area contributed by atoms with Crippen molar-refractivity contribution >= 4 is 17.8 Å². The third-order valence-corrected chi connectivity index (χ3v) is 7.59. The molecule has 0 fully saturated rings. The van der Waals surface area contributed by atoms with Crippen LogP contribution in [-0.4, -0.2) is 0 Å². The molecule has 3 nitrogen and oxygen atoms in total. The Hall–Kier alpha value is -2.80. The van der Waals surface area contributed by atoms with Gasteiger partial charge in [-0.25, -0.2) is 0 Å². The summed E-state index contributed by atoms with van der Waals surface area (Å²) in [5, 5.41) is 10.5. The number of rotatable bonds is 4. The maximum atomic E-state index is 14.1. The molecule has 0 radical (unpaired) electrons. The maximum absolute atomic E-state index is 14.1. The Morgan fingerprint density at radius 1 is 0.733 bits per heavy atom. The molecular weight excluding hydrogens is 431 g/mol. The Morgan fingerprint density at radius 2 is 1.17 bits per heavy atom. The molecule has 0 amide bonds. The van der Waals surface area contributed by atoms with Gasteiger partial charge in [0.25, 0.3) is 0 Å². The van der Waals surface area contributed by atoms with Crippen LogP contribution in [-0.2, 0) is 23.1 Å². The van der Waals surface area contributed by atoms with Crippen molar-refractivity contribution in [1.82, 2.24) is 0 Å². The van der Waals surface area contributed by atoms with Crippen molar-refractivity contribution in [3.05, 3.63) is 95.0 Å². The molecule has 2 aromatic carbocycles. The first-order chi connectivity index (χ1) is 13.9. The van der Waals surface area contributed by atoms with Crippen molar-refractivity contribution in [3.8, 4) is 0 Å². The highest BCUT2D eigenvalue weighted by molar-refractivity contribution is 7.78. The lowest BCUT2D eigenvalue weighted by atomic mass is 10.2. The van der Waals surface area contributed by atoms with Crippen molar-refractivity contribution in [3.63, 3.8) is 0 Å². The molecule has 3 rings (SSSR count). The van der Waals surface area contributed by atoms with E-state index < -0.39 is 47.4 Å². The van der Waals surface area contributed by atoms with E-state index in [4.69, 9.17) is 0 Å². The van der Waals surface area contributed by atoms with Gasteiger partial charge < -0.3 is 9.77 Å². The smallest absolute Gasteiger partial charge is 0.417 e. The van der Waals surface area contributed by atoms with E-state index in [1.54, 1.807) is 0 Å². The van der Waals surface area contributed by atoms with Crippen LogP contribution >= 0.6 is 7.14 Å². The van der Waals surface area contributed by atoms with Gasteiger partial charge in [-0.3, -0.25) is 0 Å². The van der Waals surface area contributed by atoms with Gasteiger partial charge in [0, 0.05) is 22.7 Å². The fourth-order valence-electron chi connectivity index (χ4n) is 3.17. The van der Waals surface area contributed by atoms with E-state index in [0.29, 0.717) is 12.1 Å². The van der Waals surface area contributed by atoms with E-state index in [0.717, 1.165) is 30.5 Å². The summed E-state index contributed by atoms with van der Waals surface area (Å²) in [5.74, 6) is 0. The molecule has 10 heteroatoms. The van der Waals surface area contributed by atoms with Gasteiger partial charge >= 0.3 is 12.4 Å². The monoisotopic (exact) mass is 445 g/mol. The number of aromatic nitrogens is 1. The van der Waals surface area contributed by atoms with Crippen molar-refractivity contribution in [2.45, 2.75) is 18.5 Å². The zero-order chi connectivity index (χ0) is 22.2. The van der Waals surface area contributed by atoms with Crippen molar-refractivity contribution in [2.75, 3.05) is 0 Å². The molecule has 30 heavy (non-hydrogen) atoms. The van der Waals surface area contributed by atoms with E-state index in [1.165, 1.54) is 30.3 Å². The lowest BCUT2D eigenvalue weighted by molar-refractivity contribution is -0.612. The van der Waals surface area contributed by atoms with Crippen LogP contribution in [0.5, 0.6) is 0 Å². The molecule has 0 aliphatic heterocycles. The Morgan fingerprint density at radius 3 is 1.60 bits per heavy atom. The van der Waals surface area contributed by atoms with Gasteiger partial charge in [-0.2, -0.15) is 31.1 Å². The van der Waals surface area contributed by atoms with Gasteiger partial charge in [-0.1, -0.05) is 36.4 Å². The van der Waals surface area contributed by atoms with Gasteiger partial charge in [-0.15, -0.1) is 0 Å². The van der Waals surface area contributed by atoms with E-state index in [9.17, 15) is 36.1 Å². The van der Waals surface area contributed by atoms with Crippen LogP contribution in [0.2, 0.25) is 0 Å². The van der Waals surface area contributed by atoms with Gasteiger partial charge in [0.1, 0.15) is 0 Å². The Labute approximate surface area is 167 Å². The van der Waals surface area contributed by atoms with Crippen LogP contribution in [0.1, 0.15) is 16.8 Å². The molecule has 0 bridgehead atoms. The summed E-state index contributed by atoms with van der Waals surface area (Å²) in [7, 11) is -4.60. The lowest BCUT2D eigenvalue weighted by Gasteiger charge is -2.25. The topological polar surface area (TPSA) is 44.0 Å². The average Bonchev–Trinajstić information content (AvgIpc) is 2.68. The summed E-state index contributed by atoms with van der Waals surface area (Å²) < 4.78 is 96.2. The molecule has 0 unspecified atom stereocenters. The quantitative estimate of drug-likeness (QED) is 0.249. The van der Waals surface area contributed by atoms with Crippen LogP contribution in [0, 0.1) is 5.21 Å². The zero-order valence-electron chi connectivity index (χ0n) is 15.1. The number of alkyl halides is 6. The van der Waals surface area contributed by atoms with E-state index in [2.05, 4.69) is 0 Å². The normalized spacial score (nSPS) is 12.7. The van der Waals surface area contributed by atoms with Crippen molar-refractivity contribution < 1.29 is 35.6 Å². The standard InChI is InChI=1S/C20H14F6NO2P/c21-19(22,23)15-8-1-3-10-17(15)30(29,13-14-7-5-6-12-27(14)28)18-11-4-2-9-16(18)20(24,25)26/h1-12H,13H2. The Balaban J connectivity index is 2.36. The molecule has 0 aliphatic carbocycles. The van der Waals surface area contributed by atoms with E-state index in [-0.39, 0.29) is 10.4 Å². The predicted octanol–water partition coefficient (Wildman–Crippen LogP) is 4.87. The molecule has 0 saturated carbocycles. The van der Waals surface area contributed by atoms with Crippen molar-refractivity contribution in [1.29, 1.82) is 0 Å².